The molecule has 2 rings (SSSR count). The van der Waals surface area contributed by atoms with Gasteiger partial charge in [-0.05, 0) is 38.6 Å². The minimum absolute atomic E-state index is 0.618. The second-order valence-electron chi connectivity index (χ2n) is 3.84. The van der Waals surface area contributed by atoms with Crippen LogP contribution in [0.15, 0.2) is 10.2 Å². The van der Waals surface area contributed by atoms with Crippen LogP contribution in [0.4, 0.5) is 0 Å². The van der Waals surface area contributed by atoms with Crippen LogP contribution in [0.1, 0.15) is 17.1 Å². The SMILES string of the molecule is Cc1nc(Sc2c(CCN)c(C)nn2C)n[nH]1. The normalized spacial score (nSPS) is 11.1. The molecule has 0 aliphatic carbocycles. The first-order chi connectivity index (χ1) is 8.11. The summed E-state index contributed by atoms with van der Waals surface area (Å²) in [5, 5.41) is 13.1. The first-order valence-corrected chi connectivity index (χ1v) is 6.23. The zero-order valence-electron chi connectivity index (χ0n) is 10.2. The number of rotatable bonds is 4. The third-order valence-corrected chi connectivity index (χ3v) is 3.52. The predicted octanol–water partition coefficient (Wildman–Crippen LogP) is 0.807. The van der Waals surface area contributed by atoms with Gasteiger partial charge in [0.2, 0.25) is 5.16 Å². The Morgan fingerprint density at radius 2 is 2.18 bits per heavy atom. The van der Waals surface area contributed by atoms with Gasteiger partial charge in [-0.2, -0.15) is 5.10 Å². The van der Waals surface area contributed by atoms with Crippen molar-refractivity contribution in [1.82, 2.24) is 25.0 Å². The van der Waals surface area contributed by atoms with Gasteiger partial charge in [0.15, 0.2) is 0 Å². The van der Waals surface area contributed by atoms with Crippen molar-refractivity contribution in [3.8, 4) is 0 Å². The average Bonchev–Trinajstić information content (AvgIpc) is 2.78. The number of aromatic nitrogens is 5. The fourth-order valence-corrected chi connectivity index (χ4v) is 2.69. The summed E-state index contributed by atoms with van der Waals surface area (Å²) >= 11 is 1.51. The van der Waals surface area contributed by atoms with Crippen LogP contribution in [0.5, 0.6) is 0 Å². The molecule has 2 aromatic heterocycles. The molecule has 0 spiro atoms. The summed E-state index contributed by atoms with van der Waals surface area (Å²) < 4.78 is 1.86. The predicted molar refractivity (Wildman–Crippen MR) is 65.9 cm³/mol. The van der Waals surface area contributed by atoms with Crippen LogP contribution in [0, 0.1) is 13.8 Å². The largest absolute Gasteiger partial charge is 0.330 e. The van der Waals surface area contributed by atoms with E-state index in [2.05, 4.69) is 20.3 Å². The van der Waals surface area contributed by atoms with E-state index >= 15 is 0 Å². The molecule has 2 heterocycles. The molecule has 7 heteroatoms. The Morgan fingerprint density at radius 1 is 1.41 bits per heavy atom. The van der Waals surface area contributed by atoms with Crippen LogP contribution in [-0.4, -0.2) is 31.5 Å². The van der Waals surface area contributed by atoms with E-state index in [9.17, 15) is 0 Å². The lowest BCUT2D eigenvalue weighted by Gasteiger charge is -2.02. The van der Waals surface area contributed by atoms with E-state index in [0.717, 1.165) is 23.0 Å². The molecule has 3 N–H and O–H groups in total. The summed E-state index contributed by atoms with van der Waals surface area (Å²) in [5.41, 5.74) is 7.83. The summed E-state index contributed by atoms with van der Waals surface area (Å²) in [6.45, 7) is 4.50. The van der Waals surface area contributed by atoms with Crippen LogP contribution < -0.4 is 5.73 Å². The molecule has 17 heavy (non-hydrogen) atoms. The van der Waals surface area contributed by atoms with Crippen molar-refractivity contribution in [2.45, 2.75) is 30.5 Å². The molecular weight excluding hydrogens is 236 g/mol. The average molecular weight is 252 g/mol. The monoisotopic (exact) mass is 252 g/mol. The van der Waals surface area contributed by atoms with Crippen LogP contribution in [-0.2, 0) is 13.5 Å². The van der Waals surface area contributed by atoms with Crippen molar-refractivity contribution in [2.24, 2.45) is 12.8 Å². The van der Waals surface area contributed by atoms with E-state index < -0.39 is 0 Å². The molecule has 0 amide bonds. The van der Waals surface area contributed by atoms with Gasteiger partial charge in [0, 0.05) is 12.6 Å². The second-order valence-corrected chi connectivity index (χ2v) is 4.79. The highest BCUT2D eigenvalue weighted by Gasteiger charge is 2.15. The Hall–Kier alpha value is -1.34. The number of nitrogens with one attached hydrogen (secondary N) is 1. The van der Waals surface area contributed by atoms with E-state index in [0.29, 0.717) is 11.7 Å². The van der Waals surface area contributed by atoms with E-state index in [1.165, 1.54) is 17.3 Å². The zero-order valence-corrected chi connectivity index (χ0v) is 11.0. The molecule has 0 aliphatic heterocycles. The molecule has 0 saturated heterocycles. The lowest BCUT2D eigenvalue weighted by Crippen LogP contribution is -2.04. The summed E-state index contributed by atoms with van der Waals surface area (Å²) in [6, 6.07) is 0. The number of aryl methyl sites for hydroxylation is 3. The molecule has 0 saturated carbocycles. The van der Waals surface area contributed by atoms with E-state index in [4.69, 9.17) is 5.73 Å². The maximum absolute atomic E-state index is 5.62. The Morgan fingerprint density at radius 3 is 2.76 bits per heavy atom. The van der Waals surface area contributed by atoms with Gasteiger partial charge in [-0.1, -0.05) is 0 Å². The molecule has 2 aromatic rings. The van der Waals surface area contributed by atoms with Crippen LogP contribution >= 0.6 is 11.8 Å². The minimum atomic E-state index is 0.618. The van der Waals surface area contributed by atoms with E-state index in [1.807, 2.05) is 25.6 Å². The van der Waals surface area contributed by atoms with Gasteiger partial charge in [0.05, 0.1) is 5.69 Å². The molecular formula is C10H16N6S. The Labute approximate surface area is 104 Å². The van der Waals surface area contributed by atoms with Crippen molar-refractivity contribution in [1.29, 1.82) is 0 Å². The lowest BCUT2D eigenvalue weighted by molar-refractivity contribution is 0.687. The minimum Gasteiger partial charge on any atom is -0.330 e. The molecule has 6 nitrogen and oxygen atoms in total. The Kier molecular flexibility index (Phi) is 3.49. The van der Waals surface area contributed by atoms with E-state index in [1.54, 1.807) is 0 Å². The van der Waals surface area contributed by atoms with Crippen molar-refractivity contribution in [2.75, 3.05) is 6.54 Å². The fourth-order valence-electron chi connectivity index (χ4n) is 1.69. The van der Waals surface area contributed by atoms with Gasteiger partial charge in [0.25, 0.3) is 0 Å². The highest BCUT2D eigenvalue weighted by molar-refractivity contribution is 7.99. The Balaban J connectivity index is 2.31. The number of nitrogens with zero attached hydrogens (tertiary/aromatic N) is 4. The maximum atomic E-state index is 5.62. The topological polar surface area (TPSA) is 85.4 Å². The molecule has 92 valence electrons. The first-order valence-electron chi connectivity index (χ1n) is 5.41. The second kappa shape index (κ2) is 4.89. The van der Waals surface area contributed by atoms with Crippen LogP contribution in [0.25, 0.3) is 0 Å². The van der Waals surface area contributed by atoms with Gasteiger partial charge in [0.1, 0.15) is 10.9 Å². The van der Waals surface area contributed by atoms with Gasteiger partial charge in [-0.15, -0.1) is 5.10 Å². The van der Waals surface area contributed by atoms with Crippen LogP contribution in [0.2, 0.25) is 0 Å². The van der Waals surface area contributed by atoms with Crippen molar-refractivity contribution >= 4 is 11.8 Å². The van der Waals surface area contributed by atoms with E-state index in [-0.39, 0.29) is 0 Å². The number of hydrogen-bond acceptors (Lipinski definition) is 5. The summed E-state index contributed by atoms with van der Waals surface area (Å²) in [4.78, 5) is 4.28. The van der Waals surface area contributed by atoms with Gasteiger partial charge >= 0.3 is 0 Å². The number of H-pyrrole nitrogens is 1. The molecule has 0 aliphatic rings. The van der Waals surface area contributed by atoms with Crippen molar-refractivity contribution in [3.63, 3.8) is 0 Å². The smallest absolute Gasteiger partial charge is 0.214 e. The molecule has 0 atom stereocenters. The number of hydrogen-bond donors (Lipinski definition) is 2. The first kappa shape index (κ1) is 12.1. The fraction of sp³-hybridized carbons (Fsp3) is 0.500. The molecule has 0 radical (unpaired) electrons. The summed E-state index contributed by atoms with van der Waals surface area (Å²) in [6.07, 6.45) is 0.825. The van der Waals surface area contributed by atoms with Gasteiger partial charge in [-0.25, -0.2) is 4.98 Å². The van der Waals surface area contributed by atoms with Crippen molar-refractivity contribution in [3.05, 3.63) is 17.1 Å². The maximum Gasteiger partial charge on any atom is 0.214 e. The lowest BCUT2D eigenvalue weighted by atomic mass is 10.2. The quantitative estimate of drug-likeness (QED) is 0.841. The van der Waals surface area contributed by atoms with Gasteiger partial charge in [-0.3, -0.25) is 9.78 Å². The molecule has 0 unspecified atom stereocenters. The number of nitrogens with two attached hydrogens (primary N) is 1. The van der Waals surface area contributed by atoms with Crippen molar-refractivity contribution < 1.29 is 0 Å². The third-order valence-electron chi connectivity index (χ3n) is 2.45. The summed E-state index contributed by atoms with van der Waals surface area (Å²) in [7, 11) is 1.93. The highest BCUT2D eigenvalue weighted by Crippen LogP contribution is 2.29. The molecule has 0 bridgehead atoms. The third kappa shape index (κ3) is 2.50. The van der Waals surface area contributed by atoms with Gasteiger partial charge < -0.3 is 5.73 Å². The molecule has 0 fully saturated rings. The standard InChI is InChI=1S/C10H16N6S/c1-6-8(4-5-11)9(16(3)15-6)17-10-12-7(2)13-14-10/h4-5,11H2,1-3H3,(H,12,13,14). The van der Waals surface area contributed by atoms with Crippen LogP contribution in [0.3, 0.4) is 0 Å². The zero-order chi connectivity index (χ0) is 12.4. The summed E-state index contributed by atoms with van der Waals surface area (Å²) in [5.74, 6) is 0.812. The Bertz CT molecular complexity index is 515. The number of aromatic amines is 1. The molecule has 0 aromatic carbocycles. The highest BCUT2D eigenvalue weighted by atomic mass is 32.2.